The van der Waals surface area contributed by atoms with Crippen LogP contribution in [0.1, 0.15) is 22.8 Å². The van der Waals surface area contributed by atoms with Crippen molar-refractivity contribution in [2.75, 3.05) is 12.4 Å². The molecule has 0 amide bonds. The summed E-state index contributed by atoms with van der Waals surface area (Å²) in [5, 5.41) is 9.46. The molecule has 0 spiro atoms. The van der Waals surface area contributed by atoms with Crippen molar-refractivity contribution >= 4 is 23.5 Å². The van der Waals surface area contributed by atoms with Gasteiger partial charge in [-0.25, -0.2) is 9.78 Å². The summed E-state index contributed by atoms with van der Waals surface area (Å²) in [6, 6.07) is 10.5. The molecule has 0 saturated heterocycles. The third-order valence-electron chi connectivity index (χ3n) is 3.03. The molecule has 1 aromatic heterocycles. The van der Waals surface area contributed by atoms with Crippen molar-refractivity contribution in [3.05, 3.63) is 53.7 Å². The molecule has 0 fully saturated rings. The maximum atomic E-state index is 12.2. The lowest BCUT2D eigenvalue weighted by atomic mass is 10.1. The van der Waals surface area contributed by atoms with Gasteiger partial charge in [-0.3, -0.25) is 4.79 Å². The van der Waals surface area contributed by atoms with Gasteiger partial charge in [0.15, 0.2) is 0 Å². The van der Waals surface area contributed by atoms with E-state index in [0.29, 0.717) is 17.4 Å². The minimum Gasteiger partial charge on any atom is -0.494 e. The summed E-state index contributed by atoms with van der Waals surface area (Å²) in [6.07, 6.45) is 1.77. The summed E-state index contributed by atoms with van der Waals surface area (Å²) in [5.41, 5.74) is 0.944. The van der Waals surface area contributed by atoms with Gasteiger partial charge in [0.05, 0.1) is 17.9 Å². The molecular formula is C17H17NO4S. The second kappa shape index (κ2) is 8.33. The van der Waals surface area contributed by atoms with E-state index in [2.05, 4.69) is 4.98 Å². The van der Waals surface area contributed by atoms with Crippen LogP contribution in [-0.4, -0.2) is 34.2 Å². The number of ketones is 1. The van der Waals surface area contributed by atoms with Crippen LogP contribution in [0.4, 0.5) is 0 Å². The van der Waals surface area contributed by atoms with Crippen LogP contribution in [0, 0.1) is 0 Å². The predicted octanol–water partition coefficient (Wildman–Crippen LogP) is 3.08. The van der Waals surface area contributed by atoms with E-state index in [1.807, 2.05) is 31.2 Å². The van der Waals surface area contributed by atoms with Crippen LogP contribution in [0.25, 0.3) is 0 Å². The van der Waals surface area contributed by atoms with Crippen molar-refractivity contribution in [3.8, 4) is 5.75 Å². The van der Waals surface area contributed by atoms with Gasteiger partial charge < -0.3 is 9.84 Å². The Bertz CT molecular complexity index is 702. The summed E-state index contributed by atoms with van der Waals surface area (Å²) in [6.45, 7) is 2.43. The Hall–Kier alpha value is -2.34. The van der Waals surface area contributed by atoms with E-state index in [0.717, 1.165) is 17.3 Å². The summed E-state index contributed by atoms with van der Waals surface area (Å²) >= 11 is 1.14. The fourth-order valence-corrected chi connectivity index (χ4v) is 2.87. The first-order chi connectivity index (χ1) is 11.1. The molecule has 120 valence electrons. The number of carboxylic acid groups (broad SMARTS) is 1. The van der Waals surface area contributed by atoms with Gasteiger partial charge in [-0.15, -0.1) is 0 Å². The van der Waals surface area contributed by atoms with Gasteiger partial charge in [0.25, 0.3) is 0 Å². The molecular weight excluding hydrogens is 314 g/mol. The number of nitrogens with zero attached hydrogens (tertiary/aromatic N) is 1. The molecule has 5 nitrogen and oxygen atoms in total. The fraction of sp³-hybridized carbons (Fsp3) is 0.235. The number of ether oxygens (including phenoxy) is 1. The van der Waals surface area contributed by atoms with Crippen LogP contribution in [0.15, 0.2) is 47.6 Å². The molecule has 1 N–H and O–H groups in total. The summed E-state index contributed by atoms with van der Waals surface area (Å²) in [4.78, 5) is 27.3. The molecule has 0 bridgehead atoms. The van der Waals surface area contributed by atoms with Crippen LogP contribution in [-0.2, 0) is 11.2 Å². The predicted molar refractivity (Wildman–Crippen MR) is 88.2 cm³/mol. The van der Waals surface area contributed by atoms with Gasteiger partial charge in [0, 0.05) is 18.2 Å². The van der Waals surface area contributed by atoms with Crippen LogP contribution in [0.2, 0.25) is 0 Å². The van der Waals surface area contributed by atoms with Crippen molar-refractivity contribution in [2.24, 2.45) is 0 Å². The van der Waals surface area contributed by atoms with E-state index < -0.39 is 5.97 Å². The number of Topliss-reactive ketones (excluding diaryl/α,β-unsaturated/α-hetero) is 1. The monoisotopic (exact) mass is 331 g/mol. The van der Waals surface area contributed by atoms with Gasteiger partial charge in [-0.2, -0.15) is 0 Å². The molecule has 23 heavy (non-hydrogen) atoms. The Labute approximate surface area is 138 Å². The molecule has 2 rings (SSSR count). The maximum absolute atomic E-state index is 12.2. The Kier molecular flexibility index (Phi) is 6.17. The highest BCUT2D eigenvalue weighted by molar-refractivity contribution is 8.00. The van der Waals surface area contributed by atoms with Crippen LogP contribution >= 0.6 is 11.8 Å². The smallest absolute Gasteiger partial charge is 0.338 e. The number of hydrogen-bond donors (Lipinski definition) is 1. The molecule has 0 aliphatic rings. The average Bonchev–Trinajstić information content (AvgIpc) is 2.55. The van der Waals surface area contributed by atoms with Gasteiger partial charge in [-0.1, -0.05) is 30.0 Å². The number of aromatic carboxylic acids is 1. The first kappa shape index (κ1) is 17.0. The highest BCUT2D eigenvalue weighted by Gasteiger charge is 2.14. The van der Waals surface area contributed by atoms with E-state index in [9.17, 15) is 9.59 Å². The molecule has 0 saturated carbocycles. The van der Waals surface area contributed by atoms with Crippen LogP contribution in [0.5, 0.6) is 5.75 Å². The van der Waals surface area contributed by atoms with Crippen molar-refractivity contribution < 1.29 is 19.4 Å². The first-order valence-electron chi connectivity index (χ1n) is 7.15. The number of thioether (sulfide) groups is 1. The number of carboxylic acids is 1. The lowest BCUT2D eigenvalue weighted by Gasteiger charge is -2.09. The Morgan fingerprint density at radius 1 is 1.22 bits per heavy atom. The molecule has 0 aliphatic carbocycles. The zero-order valence-electron chi connectivity index (χ0n) is 12.7. The maximum Gasteiger partial charge on any atom is 0.338 e. The number of rotatable bonds is 8. The summed E-state index contributed by atoms with van der Waals surface area (Å²) in [5.74, 6) is -0.186. The normalized spacial score (nSPS) is 10.3. The van der Waals surface area contributed by atoms with E-state index in [4.69, 9.17) is 9.84 Å². The minimum atomic E-state index is -1.05. The number of aromatic nitrogens is 1. The van der Waals surface area contributed by atoms with Gasteiger partial charge in [0.2, 0.25) is 0 Å². The number of carbonyl (C=O) groups is 2. The van der Waals surface area contributed by atoms with Gasteiger partial charge in [0.1, 0.15) is 16.6 Å². The number of para-hydroxylation sites is 1. The fourth-order valence-electron chi connectivity index (χ4n) is 2.03. The third-order valence-corrected chi connectivity index (χ3v) is 4.10. The van der Waals surface area contributed by atoms with Crippen LogP contribution in [0.3, 0.4) is 0 Å². The zero-order valence-corrected chi connectivity index (χ0v) is 13.5. The quantitative estimate of drug-likeness (QED) is 0.749. The minimum absolute atomic E-state index is 0.0101. The molecule has 1 aromatic carbocycles. The van der Waals surface area contributed by atoms with Crippen molar-refractivity contribution in [1.29, 1.82) is 0 Å². The first-order valence-corrected chi connectivity index (χ1v) is 8.14. The number of pyridine rings is 1. The van der Waals surface area contributed by atoms with E-state index in [1.54, 1.807) is 6.07 Å². The second-order valence-corrected chi connectivity index (χ2v) is 5.67. The highest BCUT2D eigenvalue weighted by Crippen LogP contribution is 2.22. The van der Waals surface area contributed by atoms with Crippen molar-refractivity contribution in [2.45, 2.75) is 18.4 Å². The Balaban J connectivity index is 2.00. The molecule has 0 aliphatic heterocycles. The number of hydrogen-bond acceptors (Lipinski definition) is 5. The standard InChI is InChI=1S/C17H17NO4S/c1-2-22-15-8-4-3-6-12(15)10-13(19)11-23-16-14(17(20)21)7-5-9-18-16/h3-9H,2,10-11H2,1H3,(H,20,21). The lowest BCUT2D eigenvalue weighted by Crippen LogP contribution is -2.09. The van der Waals surface area contributed by atoms with Crippen LogP contribution < -0.4 is 4.74 Å². The van der Waals surface area contributed by atoms with Gasteiger partial charge >= 0.3 is 5.97 Å². The largest absolute Gasteiger partial charge is 0.494 e. The SMILES string of the molecule is CCOc1ccccc1CC(=O)CSc1ncccc1C(=O)O. The van der Waals surface area contributed by atoms with Crippen molar-refractivity contribution in [3.63, 3.8) is 0 Å². The summed E-state index contributed by atoms with van der Waals surface area (Å²) in [7, 11) is 0. The third kappa shape index (κ3) is 4.82. The second-order valence-electron chi connectivity index (χ2n) is 4.71. The van der Waals surface area contributed by atoms with E-state index in [1.165, 1.54) is 12.3 Å². The highest BCUT2D eigenvalue weighted by atomic mass is 32.2. The lowest BCUT2D eigenvalue weighted by molar-refractivity contribution is -0.116. The molecule has 0 radical (unpaired) electrons. The Morgan fingerprint density at radius 3 is 2.74 bits per heavy atom. The van der Waals surface area contributed by atoms with Crippen molar-refractivity contribution in [1.82, 2.24) is 4.98 Å². The summed E-state index contributed by atoms with van der Waals surface area (Å²) < 4.78 is 5.50. The average molecular weight is 331 g/mol. The molecule has 6 heteroatoms. The molecule has 0 unspecified atom stereocenters. The Morgan fingerprint density at radius 2 is 2.00 bits per heavy atom. The van der Waals surface area contributed by atoms with Gasteiger partial charge in [-0.05, 0) is 25.1 Å². The molecule has 2 aromatic rings. The number of benzene rings is 1. The molecule has 0 atom stereocenters. The molecule has 1 heterocycles. The van der Waals surface area contributed by atoms with E-state index in [-0.39, 0.29) is 23.5 Å². The zero-order chi connectivity index (χ0) is 16.7. The topological polar surface area (TPSA) is 76.5 Å². The van der Waals surface area contributed by atoms with E-state index >= 15 is 0 Å². The number of carbonyl (C=O) groups excluding carboxylic acids is 1.